The predicted molar refractivity (Wildman–Crippen MR) is 118 cm³/mol. The van der Waals surface area contributed by atoms with Crippen molar-refractivity contribution < 1.29 is 4.79 Å². The molecule has 2 aromatic carbocycles. The number of benzene rings is 2. The summed E-state index contributed by atoms with van der Waals surface area (Å²) in [5.74, 6) is 1.03. The summed E-state index contributed by atoms with van der Waals surface area (Å²) in [6, 6.07) is 15.4. The minimum atomic E-state index is -0.133. The van der Waals surface area contributed by atoms with Gasteiger partial charge in [-0.1, -0.05) is 49.7 Å². The normalized spacial score (nSPS) is 15.0. The molecule has 0 amide bonds. The van der Waals surface area contributed by atoms with Crippen LogP contribution in [0.3, 0.4) is 0 Å². The SMILES string of the molecule is Cc1c(Cl)cccc1Nc1nc(Nc2ccccc2)nc2c1C(=O)CC(C)(C)C2. The first-order valence-corrected chi connectivity index (χ1v) is 9.98. The van der Waals surface area contributed by atoms with Crippen molar-refractivity contribution in [3.8, 4) is 0 Å². The van der Waals surface area contributed by atoms with Gasteiger partial charge in [0.2, 0.25) is 5.95 Å². The van der Waals surface area contributed by atoms with E-state index < -0.39 is 0 Å². The van der Waals surface area contributed by atoms with Gasteiger partial charge in [0.15, 0.2) is 5.78 Å². The Morgan fingerprint density at radius 3 is 2.48 bits per heavy atom. The molecule has 6 heteroatoms. The van der Waals surface area contributed by atoms with Crippen LogP contribution in [-0.2, 0) is 6.42 Å². The molecule has 1 aliphatic rings. The molecule has 0 aliphatic heterocycles. The number of hydrogen-bond donors (Lipinski definition) is 2. The van der Waals surface area contributed by atoms with E-state index in [9.17, 15) is 4.79 Å². The van der Waals surface area contributed by atoms with Crippen molar-refractivity contribution in [2.24, 2.45) is 5.41 Å². The van der Waals surface area contributed by atoms with Crippen molar-refractivity contribution >= 4 is 40.5 Å². The minimum absolute atomic E-state index is 0.0599. The maximum Gasteiger partial charge on any atom is 0.229 e. The number of ketones is 1. The molecule has 148 valence electrons. The summed E-state index contributed by atoms with van der Waals surface area (Å²) in [5, 5.41) is 7.24. The average molecular weight is 407 g/mol. The van der Waals surface area contributed by atoms with Gasteiger partial charge in [-0.25, -0.2) is 4.98 Å². The number of anilines is 4. The van der Waals surface area contributed by atoms with Crippen molar-refractivity contribution in [2.75, 3.05) is 10.6 Å². The summed E-state index contributed by atoms with van der Waals surface area (Å²) >= 11 is 6.28. The molecular formula is C23H23ClN4O. The molecule has 0 spiro atoms. The van der Waals surface area contributed by atoms with Gasteiger partial charge in [0.1, 0.15) is 5.82 Å². The molecule has 3 aromatic rings. The van der Waals surface area contributed by atoms with Crippen LogP contribution < -0.4 is 10.6 Å². The van der Waals surface area contributed by atoms with E-state index in [4.69, 9.17) is 11.6 Å². The molecule has 0 atom stereocenters. The highest BCUT2D eigenvalue weighted by atomic mass is 35.5. The minimum Gasteiger partial charge on any atom is -0.339 e. The third-order valence-corrected chi connectivity index (χ3v) is 5.51. The highest BCUT2D eigenvalue weighted by Crippen LogP contribution is 2.38. The number of aromatic nitrogens is 2. The molecule has 0 radical (unpaired) electrons. The van der Waals surface area contributed by atoms with Crippen LogP contribution in [0, 0.1) is 12.3 Å². The van der Waals surface area contributed by atoms with E-state index in [2.05, 4.69) is 34.4 Å². The molecule has 5 nitrogen and oxygen atoms in total. The highest BCUT2D eigenvalue weighted by Gasteiger charge is 2.35. The predicted octanol–water partition coefficient (Wildman–Crippen LogP) is 6.08. The van der Waals surface area contributed by atoms with E-state index in [0.29, 0.717) is 35.2 Å². The fourth-order valence-electron chi connectivity index (χ4n) is 3.63. The Hall–Kier alpha value is -2.92. The Morgan fingerprint density at radius 2 is 1.72 bits per heavy atom. The van der Waals surface area contributed by atoms with Gasteiger partial charge in [-0.05, 0) is 48.6 Å². The summed E-state index contributed by atoms with van der Waals surface area (Å²) in [4.78, 5) is 22.3. The summed E-state index contributed by atoms with van der Waals surface area (Å²) in [5.41, 5.74) is 3.82. The standard InChI is InChI=1S/C23H23ClN4O/c1-14-16(24)10-7-11-17(14)26-21-20-18(12-23(2,3)13-19(20)29)27-22(28-21)25-15-8-5-4-6-9-15/h4-11H,12-13H2,1-3H3,(H2,25,26,27,28). The largest absolute Gasteiger partial charge is 0.339 e. The Bertz CT molecular complexity index is 1080. The lowest BCUT2D eigenvalue weighted by Gasteiger charge is -2.30. The monoisotopic (exact) mass is 406 g/mol. The lowest BCUT2D eigenvalue weighted by Crippen LogP contribution is -2.29. The molecule has 1 heterocycles. The van der Waals surface area contributed by atoms with Gasteiger partial charge in [0, 0.05) is 22.8 Å². The second-order valence-corrected chi connectivity index (χ2v) is 8.59. The lowest BCUT2D eigenvalue weighted by molar-refractivity contribution is 0.0911. The van der Waals surface area contributed by atoms with Crippen LogP contribution in [0.1, 0.15) is 41.9 Å². The average Bonchev–Trinajstić information content (AvgIpc) is 2.64. The Balaban J connectivity index is 1.80. The van der Waals surface area contributed by atoms with Gasteiger partial charge < -0.3 is 10.6 Å². The zero-order valence-corrected chi connectivity index (χ0v) is 17.5. The molecule has 0 bridgehead atoms. The molecule has 4 rings (SSSR count). The van der Waals surface area contributed by atoms with Crippen LogP contribution in [0.25, 0.3) is 0 Å². The first kappa shape index (κ1) is 19.4. The summed E-state index contributed by atoms with van der Waals surface area (Å²) in [6.07, 6.45) is 1.18. The quantitative estimate of drug-likeness (QED) is 0.549. The molecule has 0 saturated heterocycles. The number of fused-ring (bicyclic) bond motifs is 1. The van der Waals surface area contributed by atoms with Crippen molar-refractivity contribution in [2.45, 2.75) is 33.6 Å². The topological polar surface area (TPSA) is 66.9 Å². The number of rotatable bonds is 4. The summed E-state index contributed by atoms with van der Waals surface area (Å²) in [7, 11) is 0. The third kappa shape index (κ3) is 4.10. The fourth-order valence-corrected chi connectivity index (χ4v) is 3.81. The van der Waals surface area contributed by atoms with Gasteiger partial charge in [0.05, 0.1) is 11.3 Å². The molecule has 2 N–H and O–H groups in total. The Morgan fingerprint density at radius 1 is 0.966 bits per heavy atom. The zero-order valence-electron chi connectivity index (χ0n) is 16.7. The van der Waals surface area contributed by atoms with Gasteiger partial charge in [-0.2, -0.15) is 4.98 Å². The van der Waals surface area contributed by atoms with Crippen LogP contribution in [0.2, 0.25) is 5.02 Å². The van der Waals surface area contributed by atoms with Crippen molar-refractivity contribution in [3.05, 3.63) is 70.4 Å². The number of carbonyl (C=O) groups is 1. The second kappa shape index (κ2) is 7.48. The number of halogens is 1. The first-order valence-electron chi connectivity index (χ1n) is 9.61. The van der Waals surface area contributed by atoms with Crippen LogP contribution in [0.15, 0.2) is 48.5 Å². The van der Waals surface area contributed by atoms with E-state index in [1.165, 1.54) is 0 Å². The first-order chi connectivity index (χ1) is 13.8. The van der Waals surface area contributed by atoms with Crippen LogP contribution in [0.4, 0.5) is 23.1 Å². The second-order valence-electron chi connectivity index (χ2n) is 8.19. The number of nitrogens with zero attached hydrogens (tertiary/aromatic N) is 2. The van der Waals surface area contributed by atoms with E-state index in [1.807, 2.05) is 55.5 Å². The van der Waals surface area contributed by atoms with Crippen LogP contribution in [0.5, 0.6) is 0 Å². The van der Waals surface area contributed by atoms with Crippen molar-refractivity contribution in [1.29, 1.82) is 0 Å². The molecular weight excluding hydrogens is 384 g/mol. The van der Waals surface area contributed by atoms with Gasteiger partial charge in [-0.3, -0.25) is 4.79 Å². The zero-order chi connectivity index (χ0) is 20.6. The van der Waals surface area contributed by atoms with Crippen molar-refractivity contribution in [1.82, 2.24) is 9.97 Å². The smallest absolute Gasteiger partial charge is 0.229 e. The number of carbonyl (C=O) groups excluding carboxylic acids is 1. The maximum absolute atomic E-state index is 13.0. The lowest BCUT2D eigenvalue weighted by atomic mass is 9.75. The fraction of sp³-hybridized carbons (Fsp3) is 0.261. The number of para-hydroxylation sites is 1. The summed E-state index contributed by atoms with van der Waals surface area (Å²) in [6.45, 7) is 6.12. The van der Waals surface area contributed by atoms with E-state index in [1.54, 1.807) is 0 Å². The third-order valence-electron chi connectivity index (χ3n) is 5.10. The van der Waals surface area contributed by atoms with Gasteiger partial charge in [0.25, 0.3) is 0 Å². The molecule has 1 aromatic heterocycles. The van der Waals surface area contributed by atoms with E-state index in [0.717, 1.165) is 22.6 Å². The van der Waals surface area contributed by atoms with Crippen molar-refractivity contribution in [3.63, 3.8) is 0 Å². The highest BCUT2D eigenvalue weighted by molar-refractivity contribution is 6.31. The Labute approximate surface area is 175 Å². The number of hydrogen-bond acceptors (Lipinski definition) is 5. The molecule has 0 fully saturated rings. The van der Waals surface area contributed by atoms with Gasteiger partial charge >= 0.3 is 0 Å². The van der Waals surface area contributed by atoms with Crippen LogP contribution in [-0.4, -0.2) is 15.8 Å². The summed E-state index contributed by atoms with van der Waals surface area (Å²) < 4.78 is 0. The van der Waals surface area contributed by atoms with E-state index in [-0.39, 0.29) is 11.2 Å². The van der Waals surface area contributed by atoms with E-state index >= 15 is 0 Å². The maximum atomic E-state index is 13.0. The number of Topliss-reactive ketones (excluding diaryl/α,β-unsaturated/α-hetero) is 1. The molecule has 0 unspecified atom stereocenters. The molecule has 1 aliphatic carbocycles. The molecule has 29 heavy (non-hydrogen) atoms. The molecule has 0 saturated carbocycles. The van der Waals surface area contributed by atoms with Gasteiger partial charge in [-0.15, -0.1) is 0 Å². The van der Waals surface area contributed by atoms with Crippen LogP contribution >= 0.6 is 11.6 Å². The Kier molecular flexibility index (Phi) is 5.01. The number of nitrogens with one attached hydrogen (secondary N) is 2.